The largest absolute Gasteiger partial charge is 0.424 e. The first kappa shape index (κ1) is 11.0. The number of nitrogens with two attached hydrogens (primary N) is 1. The zero-order chi connectivity index (χ0) is 12.3. The molecule has 6 heteroatoms. The molecule has 1 aromatic carbocycles. The molecule has 0 aliphatic heterocycles. The first-order valence-electron chi connectivity index (χ1n) is 4.76. The molecule has 2 rings (SSSR count). The van der Waals surface area contributed by atoms with Crippen molar-refractivity contribution in [2.24, 2.45) is 5.73 Å². The van der Waals surface area contributed by atoms with E-state index in [1.54, 1.807) is 6.07 Å². The molecule has 1 aromatic heterocycles. The Labute approximate surface area is 96.6 Å². The lowest BCUT2D eigenvalue weighted by Gasteiger charge is -2.04. The lowest BCUT2D eigenvalue weighted by Crippen LogP contribution is -2.13. The minimum atomic E-state index is -0.412. The van der Waals surface area contributed by atoms with Gasteiger partial charge in [-0.1, -0.05) is 6.07 Å². The van der Waals surface area contributed by atoms with E-state index in [0.29, 0.717) is 0 Å². The molecular formula is C11H9FN4O. The predicted molar refractivity (Wildman–Crippen MR) is 59.5 cm³/mol. The topological polar surface area (TPSA) is 84.9 Å². The van der Waals surface area contributed by atoms with Gasteiger partial charge in [-0.15, -0.1) is 0 Å². The highest BCUT2D eigenvalue weighted by Gasteiger charge is 2.04. The van der Waals surface area contributed by atoms with Crippen molar-refractivity contribution in [2.45, 2.75) is 0 Å². The van der Waals surface area contributed by atoms with Crippen molar-refractivity contribution in [3.05, 3.63) is 48.0 Å². The Kier molecular flexibility index (Phi) is 2.95. The van der Waals surface area contributed by atoms with Gasteiger partial charge in [0, 0.05) is 12.3 Å². The van der Waals surface area contributed by atoms with Gasteiger partial charge in [0.05, 0.1) is 0 Å². The highest BCUT2D eigenvalue weighted by molar-refractivity contribution is 5.92. The van der Waals surface area contributed by atoms with Crippen LogP contribution in [-0.2, 0) is 0 Å². The number of halogens is 1. The maximum atomic E-state index is 12.9. The van der Waals surface area contributed by atoms with Gasteiger partial charge >= 0.3 is 6.01 Å². The zero-order valence-corrected chi connectivity index (χ0v) is 8.72. The lowest BCUT2D eigenvalue weighted by molar-refractivity contribution is 0.437. The van der Waals surface area contributed by atoms with Crippen LogP contribution in [0.3, 0.4) is 0 Å². The van der Waals surface area contributed by atoms with Gasteiger partial charge in [-0.3, -0.25) is 5.41 Å². The van der Waals surface area contributed by atoms with Crippen molar-refractivity contribution in [3.63, 3.8) is 0 Å². The van der Waals surface area contributed by atoms with Crippen molar-refractivity contribution in [2.75, 3.05) is 0 Å². The number of amidine groups is 1. The van der Waals surface area contributed by atoms with Crippen LogP contribution in [0, 0.1) is 11.2 Å². The molecule has 0 saturated heterocycles. The Morgan fingerprint density at radius 2 is 2.18 bits per heavy atom. The number of ether oxygens (including phenoxy) is 1. The monoisotopic (exact) mass is 232 g/mol. The number of nitrogens with zero attached hydrogens (tertiary/aromatic N) is 2. The van der Waals surface area contributed by atoms with Gasteiger partial charge in [-0.05, 0) is 18.2 Å². The number of hydrogen-bond acceptors (Lipinski definition) is 4. The van der Waals surface area contributed by atoms with Crippen LogP contribution >= 0.6 is 0 Å². The fourth-order valence-electron chi connectivity index (χ4n) is 1.18. The smallest absolute Gasteiger partial charge is 0.322 e. The van der Waals surface area contributed by atoms with Crippen LogP contribution in [0.15, 0.2) is 36.5 Å². The van der Waals surface area contributed by atoms with Gasteiger partial charge in [0.2, 0.25) is 0 Å². The average Bonchev–Trinajstić information content (AvgIpc) is 2.29. The Bertz CT molecular complexity index is 559. The number of nitrogen functional groups attached to an aromatic ring is 1. The molecule has 0 spiro atoms. The van der Waals surface area contributed by atoms with Crippen LogP contribution in [-0.4, -0.2) is 15.8 Å². The number of hydrogen-bond donors (Lipinski definition) is 2. The molecule has 0 aliphatic carbocycles. The maximum absolute atomic E-state index is 12.9. The molecule has 0 fully saturated rings. The summed E-state index contributed by atoms with van der Waals surface area (Å²) < 4.78 is 18.1. The van der Waals surface area contributed by atoms with E-state index < -0.39 is 5.82 Å². The maximum Gasteiger partial charge on any atom is 0.322 e. The van der Waals surface area contributed by atoms with Crippen molar-refractivity contribution < 1.29 is 9.13 Å². The number of rotatable bonds is 3. The van der Waals surface area contributed by atoms with Gasteiger partial charge in [0.1, 0.15) is 23.1 Å². The fourth-order valence-corrected chi connectivity index (χ4v) is 1.18. The van der Waals surface area contributed by atoms with Gasteiger partial charge in [-0.2, -0.15) is 4.98 Å². The SMILES string of the molecule is N=C(N)c1ccnc(Oc2cccc(F)c2)n1. The van der Waals surface area contributed by atoms with Crippen molar-refractivity contribution in [1.82, 2.24) is 9.97 Å². The molecule has 3 N–H and O–H groups in total. The molecule has 86 valence electrons. The summed E-state index contributed by atoms with van der Waals surface area (Å²) >= 11 is 0. The molecule has 0 unspecified atom stereocenters. The van der Waals surface area contributed by atoms with E-state index in [0.717, 1.165) is 0 Å². The highest BCUT2D eigenvalue weighted by Crippen LogP contribution is 2.18. The standard InChI is InChI=1S/C11H9FN4O/c12-7-2-1-3-8(6-7)17-11-15-5-4-9(16-11)10(13)14/h1-6H,(H3,13,14). The van der Waals surface area contributed by atoms with Crippen LogP contribution in [0.1, 0.15) is 5.69 Å². The van der Waals surface area contributed by atoms with Crippen LogP contribution in [0.5, 0.6) is 11.8 Å². The summed E-state index contributed by atoms with van der Waals surface area (Å²) in [5.41, 5.74) is 5.53. The first-order valence-corrected chi connectivity index (χ1v) is 4.76. The fraction of sp³-hybridized carbons (Fsp3) is 0. The minimum Gasteiger partial charge on any atom is -0.424 e. The van der Waals surface area contributed by atoms with E-state index in [9.17, 15) is 4.39 Å². The molecular weight excluding hydrogens is 223 g/mol. The molecule has 0 atom stereocenters. The summed E-state index contributed by atoms with van der Waals surface area (Å²) in [6.45, 7) is 0. The molecule has 1 heterocycles. The van der Waals surface area contributed by atoms with Crippen LogP contribution in [0.25, 0.3) is 0 Å². The van der Waals surface area contributed by atoms with Crippen LogP contribution in [0.2, 0.25) is 0 Å². The summed E-state index contributed by atoms with van der Waals surface area (Å²) in [5.74, 6) is -0.313. The highest BCUT2D eigenvalue weighted by atomic mass is 19.1. The first-order chi connectivity index (χ1) is 8.15. The molecule has 17 heavy (non-hydrogen) atoms. The Balaban J connectivity index is 2.24. The molecule has 0 aliphatic rings. The second-order valence-electron chi connectivity index (χ2n) is 3.20. The summed E-state index contributed by atoms with van der Waals surface area (Å²) in [4.78, 5) is 7.73. The number of nitrogens with one attached hydrogen (secondary N) is 1. The van der Waals surface area contributed by atoms with Crippen molar-refractivity contribution >= 4 is 5.84 Å². The lowest BCUT2D eigenvalue weighted by atomic mass is 10.3. The average molecular weight is 232 g/mol. The molecule has 2 aromatic rings. The quantitative estimate of drug-likeness (QED) is 0.623. The third-order valence-corrected chi connectivity index (χ3v) is 1.91. The van der Waals surface area contributed by atoms with Gasteiger partial charge < -0.3 is 10.5 Å². The Morgan fingerprint density at radius 3 is 2.88 bits per heavy atom. The van der Waals surface area contributed by atoms with Gasteiger partial charge in [0.25, 0.3) is 0 Å². The number of benzene rings is 1. The zero-order valence-electron chi connectivity index (χ0n) is 8.72. The van der Waals surface area contributed by atoms with Gasteiger partial charge in [-0.25, -0.2) is 9.37 Å². The summed E-state index contributed by atoms with van der Waals surface area (Å²) in [6.07, 6.45) is 1.42. The summed E-state index contributed by atoms with van der Waals surface area (Å²) in [5, 5.41) is 7.22. The summed E-state index contributed by atoms with van der Waals surface area (Å²) in [7, 11) is 0. The van der Waals surface area contributed by atoms with Gasteiger partial charge in [0.15, 0.2) is 0 Å². The van der Waals surface area contributed by atoms with E-state index in [-0.39, 0.29) is 23.3 Å². The molecule has 0 saturated carbocycles. The summed E-state index contributed by atoms with van der Waals surface area (Å²) in [6, 6.07) is 7.11. The second-order valence-corrected chi connectivity index (χ2v) is 3.20. The van der Waals surface area contributed by atoms with E-state index in [4.69, 9.17) is 15.9 Å². The molecule has 5 nitrogen and oxygen atoms in total. The third-order valence-electron chi connectivity index (χ3n) is 1.91. The molecule has 0 radical (unpaired) electrons. The minimum absolute atomic E-state index is 0.0169. The van der Waals surface area contributed by atoms with Crippen molar-refractivity contribution in [1.29, 1.82) is 5.41 Å². The van der Waals surface area contributed by atoms with Crippen molar-refractivity contribution in [3.8, 4) is 11.8 Å². The normalized spacial score (nSPS) is 9.94. The van der Waals surface area contributed by atoms with Crippen LogP contribution < -0.4 is 10.5 Å². The van der Waals surface area contributed by atoms with E-state index in [1.165, 1.54) is 30.5 Å². The molecule has 0 bridgehead atoms. The van der Waals surface area contributed by atoms with Crippen LogP contribution in [0.4, 0.5) is 4.39 Å². The molecule has 0 amide bonds. The number of aromatic nitrogens is 2. The Hall–Kier alpha value is -2.50. The van der Waals surface area contributed by atoms with E-state index >= 15 is 0 Å². The van der Waals surface area contributed by atoms with E-state index in [1.807, 2.05) is 0 Å². The Morgan fingerprint density at radius 1 is 1.35 bits per heavy atom. The predicted octanol–water partition coefficient (Wildman–Crippen LogP) is 1.69. The third kappa shape index (κ3) is 2.75. The second kappa shape index (κ2) is 4.56. The van der Waals surface area contributed by atoms with E-state index in [2.05, 4.69) is 9.97 Å².